The molecule has 0 radical (unpaired) electrons. The zero-order valence-corrected chi connectivity index (χ0v) is 16.7. The van der Waals surface area contributed by atoms with Gasteiger partial charge in [0.05, 0.1) is 19.1 Å². The quantitative estimate of drug-likeness (QED) is 0.496. The fourth-order valence-electron chi connectivity index (χ4n) is 2.80. The summed E-state index contributed by atoms with van der Waals surface area (Å²) in [6.07, 6.45) is 1.48. The highest BCUT2D eigenvalue weighted by Crippen LogP contribution is 2.13. The van der Waals surface area contributed by atoms with Crippen LogP contribution in [0, 0.1) is 5.92 Å². The Hall–Kier alpha value is -2.97. The van der Waals surface area contributed by atoms with Gasteiger partial charge in [-0.15, -0.1) is 0 Å². The molecule has 2 aromatic carbocycles. The number of benzene rings is 2. The summed E-state index contributed by atoms with van der Waals surface area (Å²) < 4.78 is 10.9. The first kappa shape index (κ1) is 20.8. The molecular weight excluding hydrogens is 390 g/mol. The maximum Gasteiger partial charge on any atom is 0.257 e. The van der Waals surface area contributed by atoms with Crippen molar-refractivity contribution in [3.8, 4) is 5.75 Å². The molecule has 29 heavy (non-hydrogen) atoms. The fraction of sp³-hybridized carbons (Fsp3) is 0.286. The number of amides is 2. The van der Waals surface area contributed by atoms with Gasteiger partial charge in [0.1, 0.15) is 5.75 Å². The van der Waals surface area contributed by atoms with Gasteiger partial charge in [0.25, 0.3) is 5.91 Å². The van der Waals surface area contributed by atoms with Gasteiger partial charge >= 0.3 is 0 Å². The molecule has 2 aromatic rings. The summed E-state index contributed by atoms with van der Waals surface area (Å²) in [5.41, 5.74) is 6.65. The molecule has 0 saturated carbocycles. The zero-order chi connectivity index (χ0) is 20.5. The van der Waals surface area contributed by atoms with Crippen LogP contribution in [0.5, 0.6) is 5.75 Å². The number of rotatable bonds is 6. The standard InChI is InChI=1S/C21H23N3O4S/c25-19(22-21(29)24-23-20(26)17-11-12-27-14-17)16-6-8-18(9-7-16)28-13-10-15-4-2-1-3-5-15/h1-9,17H,10-14H2,(H,23,26)(H2,22,24,25,29). The van der Waals surface area contributed by atoms with E-state index in [9.17, 15) is 9.59 Å². The monoisotopic (exact) mass is 413 g/mol. The number of hydrazine groups is 1. The third kappa shape index (κ3) is 6.55. The van der Waals surface area contributed by atoms with E-state index >= 15 is 0 Å². The molecule has 8 heteroatoms. The zero-order valence-electron chi connectivity index (χ0n) is 15.9. The minimum absolute atomic E-state index is 0.0189. The van der Waals surface area contributed by atoms with Crippen molar-refractivity contribution in [3.05, 3.63) is 65.7 Å². The van der Waals surface area contributed by atoms with Crippen molar-refractivity contribution in [1.82, 2.24) is 16.2 Å². The summed E-state index contributed by atoms with van der Waals surface area (Å²) in [5.74, 6) is -0.104. The molecule has 0 bridgehead atoms. The lowest BCUT2D eigenvalue weighted by atomic mass is 10.1. The molecule has 2 amide bonds. The van der Waals surface area contributed by atoms with Crippen LogP contribution in [0.1, 0.15) is 22.3 Å². The van der Waals surface area contributed by atoms with Crippen molar-refractivity contribution in [1.29, 1.82) is 0 Å². The molecule has 1 saturated heterocycles. The van der Waals surface area contributed by atoms with Crippen LogP contribution in [-0.2, 0) is 16.0 Å². The molecule has 0 aromatic heterocycles. The fourth-order valence-corrected chi connectivity index (χ4v) is 2.95. The van der Waals surface area contributed by atoms with E-state index in [0.29, 0.717) is 37.6 Å². The molecule has 7 nitrogen and oxygen atoms in total. The van der Waals surface area contributed by atoms with Crippen LogP contribution in [0.4, 0.5) is 0 Å². The average molecular weight is 413 g/mol. The lowest BCUT2D eigenvalue weighted by Gasteiger charge is -2.13. The Labute approximate surface area is 174 Å². The predicted molar refractivity (Wildman–Crippen MR) is 112 cm³/mol. The Bertz CT molecular complexity index is 837. The van der Waals surface area contributed by atoms with E-state index in [-0.39, 0.29) is 22.8 Å². The van der Waals surface area contributed by atoms with Gasteiger partial charge in [0.15, 0.2) is 5.11 Å². The van der Waals surface area contributed by atoms with Gasteiger partial charge in [-0.2, -0.15) is 0 Å². The number of ether oxygens (including phenoxy) is 2. The predicted octanol–water partition coefficient (Wildman–Crippen LogP) is 1.98. The average Bonchev–Trinajstić information content (AvgIpc) is 3.28. The van der Waals surface area contributed by atoms with E-state index < -0.39 is 0 Å². The highest BCUT2D eigenvalue weighted by Gasteiger charge is 2.23. The van der Waals surface area contributed by atoms with E-state index in [1.807, 2.05) is 18.2 Å². The lowest BCUT2D eigenvalue weighted by molar-refractivity contribution is -0.125. The van der Waals surface area contributed by atoms with E-state index in [2.05, 4.69) is 28.3 Å². The second-order valence-corrected chi connectivity index (χ2v) is 6.97. The van der Waals surface area contributed by atoms with Crippen LogP contribution in [-0.4, -0.2) is 36.7 Å². The maximum atomic E-state index is 12.3. The smallest absolute Gasteiger partial charge is 0.257 e. The molecule has 0 aliphatic carbocycles. The van der Waals surface area contributed by atoms with Crippen molar-refractivity contribution in [2.24, 2.45) is 5.92 Å². The van der Waals surface area contributed by atoms with Gasteiger partial charge in [-0.05, 0) is 48.5 Å². The Balaban J connectivity index is 1.39. The maximum absolute atomic E-state index is 12.3. The molecule has 3 rings (SSSR count). The van der Waals surface area contributed by atoms with Crippen molar-refractivity contribution < 1.29 is 19.1 Å². The molecule has 152 valence electrons. The van der Waals surface area contributed by atoms with Crippen molar-refractivity contribution >= 4 is 29.1 Å². The second-order valence-electron chi connectivity index (χ2n) is 6.57. The molecule has 1 unspecified atom stereocenters. The van der Waals surface area contributed by atoms with Crippen LogP contribution in [0.15, 0.2) is 54.6 Å². The summed E-state index contributed by atoms with van der Waals surface area (Å²) in [4.78, 5) is 24.1. The van der Waals surface area contributed by atoms with Crippen LogP contribution in [0.25, 0.3) is 0 Å². The van der Waals surface area contributed by atoms with Crippen molar-refractivity contribution in [2.75, 3.05) is 19.8 Å². The SMILES string of the molecule is O=C(NC(=S)NNC(=O)C1CCOC1)c1ccc(OCCc2ccccc2)cc1. The highest BCUT2D eigenvalue weighted by molar-refractivity contribution is 7.80. The van der Waals surface area contributed by atoms with Gasteiger partial charge < -0.3 is 9.47 Å². The summed E-state index contributed by atoms with van der Waals surface area (Å²) in [5, 5.41) is 2.54. The molecule has 1 fully saturated rings. The Kier molecular flexibility index (Phi) is 7.54. The molecule has 1 aliphatic rings. The highest BCUT2D eigenvalue weighted by atomic mass is 32.1. The Morgan fingerprint density at radius 1 is 1.07 bits per heavy atom. The summed E-state index contributed by atoms with van der Waals surface area (Å²) >= 11 is 5.04. The van der Waals surface area contributed by atoms with Crippen LogP contribution >= 0.6 is 12.2 Å². The van der Waals surface area contributed by atoms with E-state index in [4.69, 9.17) is 21.7 Å². The molecule has 1 atom stereocenters. The summed E-state index contributed by atoms with van der Waals surface area (Å²) in [6.45, 7) is 1.52. The summed E-state index contributed by atoms with van der Waals surface area (Å²) in [6, 6.07) is 16.9. The molecule has 1 heterocycles. The van der Waals surface area contributed by atoms with Crippen LogP contribution in [0.3, 0.4) is 0 Å². The Morgan fingerprint density at radius 3 is 2.52 bits per heavy atom. The third-order valence-corrected chi connectivity index (χ3v) is 4.65. The first-order valence-electron chi connectivity index (χ1n) is 9.37. The van der Waals surface area contributed by atoms with Gasteiger partial charge in [0.2, 0.25) is 5.91 Å². The van der Waals surface area contributed by atoms with E-state index in [1.54, 1.807) is 24.3 Å². The second kappa shape index (κ2) is 10.5. The van der Waals surface area contributed by atoms with Gasteiger partial charge in [0, 0.05) is 18.6 Å². The number of carbonyl (C=O) groups excluding carboxylic acids is 2. The number of thiocarbonyl (C=S) groups is 1. The van der Waals surface area contributed by atoms with E-state index in [1.165, 1.54) is 5.56 Å². The molecule has 0 spiro atoms. The normalized spacial score (nSPS) is 15.4. The molecular formula is C21H23N3O4S. The minimum Gasteiger partial charge on any atom is -0.493 e. The third-order valence-electron chi connectivity index (χ3n) is 4.45. The lowest BCUT2D eigenvalue weighted by Crippen LogP contribution is -2.50. The van der Waals surface area contributed by atoms with Crippen LogP contribution < -0.4 is 20.9 Å². The number of nitrogens with one attached hydrogen (secondary N) is 3. The number of hydrogen-bond donors (Lipinski definition) is 3. The van der Waals surface area contributed by atoms with Gasteiger partial charge in [-0.3, -0.25) is 25.8 Å². The Morgan fingerprint density at radius 2 is 1.83 bits per heavy atom. The molecule has 3 N–H and O–H groups in total. The van der Waals surface area contributed by atoms with E-state index in [0.717, 1.165) is 6.42 Å². The first-order chi connectivity index (χ1) is 14.1. The van der Waals surface area contributed by atoms with Crippen molar-refractivity contribution in [2.45, 2.75) is 12.8 Å². The van der Waals surface area contributed by atoms with Crippen molar-refractivity contribution in [3.63, 3.8) is 0 Å². The largest absolute Gasteiger partial charge is 0.493 e. The minimum atomic E-state index is -0.378. The molecule has 1 aliphatic heterocycles. The number of carbonyl (C=O) groups is 2. The van der Waals surface area contributed by atoms with Crippen LogP contribution in [0.2, 0.25) is 0 Å². The van der Waals surface area contributed by atoms with Gasteiger partial charge in [-0.1, -0.05) is 30.3 Å². The summed E-state index contributed by atoms with van der Waals surface area (Å²) in [7, 11) is 0. The first-order valence-corrected chi connectivity index (χ1v) is 9.78. The topological polar surface area (TPSA) is 88.7 Å². The number of hydrogen-bond acceptors (Lipinski definition) is 5. The van der Waals surface area contributed by atoms with Gasteiger partial charge in [-0.25, -0.2) is 0 Å².